The van der Waals surface area contributed by atoms with Gasteiger partial charge in [-0.1, -0.05) is 40.0 Å². The number of carbonyl (C=O) groups excluding carboxylic acids is 2. The first kappa shape index (κ1) is 25.2. The molecule has 0 aliphatic rings. The van der Waals surface area contributed by atoms with Crippen LogP contribution in [0.3, 0.4) is 0 Å². The van der Waals surface area contributed by atoms with Gasteiger partial charge >= 0.3 is 17.6 Å². The first-order chi connectivity index (χ1) is 16.1. The maximum Gasteiger partial charge on any atom is 0.390 e. The van der Waals surface area contributed by atoms with Crippen LogP contribution in [0.15, 0.2) is 22.7 Å². The number of aromatic nitrogens is 4. The van der Waals surface area contributed by atoms with E-state index in [9.17, 15) is 19.7 Å². The standard InChI is InChI=1S/C18H16Cl3N7O6/c1-9-4-15(28(31)32)25-27(9)7-14-24-18(34-26-14)17(30)23-3-2-22-16(29)8-33-13-6-11(20)10(19)5-12(13)21/h4-6H,2-3,7-8H2,1H3,(H,22,29)(H,23,30). The van der Waals surface area contributed by atoms with Crippen LogP contribution < -0.4 is 15.4 Å². The second kappa shape index (κ2) is 11.1. The molecular weight excluding hydrogens is 517 g/mol. The predicted octanol–water partition coefficient (Wildman–Crippen LogP) is 2.42. The lowest BCUT2D eigenvalue weighted by Gasteiger charge is -2.10. The first-order valence-corrected chi connectivity index (χ1v) is 10.6. The molecule has 0 aliphatic carbocycles. The van der Waals surface area contributed by atoms with E-state index in [1.165, 1.54) is 22.9 Å². The SMILES string of the molecule is Cc1cc([N+](=O)[O-])nn1Cc1noc(C(=O)NCCNC(=O)COc2cc(Cl)c(Cl)cc2Cl)n1. The van der Waals surface area contributed by atoms with Gasteiger partial charge in [-0.25, -0.2) is 0 Å². The van der Waals surface area contributed by atoms with E-state index in [1.807, 2.05) is 0 Å². The van der Waals surface area contributed by atoms with E-state index in [4.69, 9.17) is 44.1 Å². The number of amides is 2. The molecule has 0 saturated carbocycles. The van der Waals surface area contributed by atoms with Gasteiger partial charge < -0.3 is 30.0 Å². The Hall–Kier alpha value is -3.42. The quantitative estimate of drug-likeness (QED) is 0.172. The fraction of sp³-hybridized carbons (Fsp3) is 0.278. The van der Waals surface area contributed by atoms with Crippen LogP contribution in [-0.2, 0) is 11.3 Å². The summed E-state index contributed by atoms with van der Waals surface area (Å²) < 4.78 is 11.5. The average molecular weight is 533 g/mol. The minimum atomic E-state index is -0.657. The molecule has 34 heavy (non-hydrogen) atoms. The monoisotopic (exact) mass is 531 g/mol. The van der Waals surface area contributed by atoms with E-state index in [-0.39, 0.29) is 64.6 Å². The van der Waals surface area contributed by atoms with Gasteiger partial charge in [0, 0.05) is 19.2 Å². The van der Waals surface area contributed by atoms with Gasteiger partial charge in [-0.05, 0) is 17.9 Å². The number of benzene rings is 1. The normalized spacial score (nSPS) is 10.7. The zero-order chi connectivity index (χ0) is 24.8. The number of nitro groups is 1. The van der Waals surface area contributed by atoms with Crippen LogP contribution in [0.2, 0.25) is 15.1 Å². The maximum atomic E-state index is 12.1. The number of hydrogen-bond acceptors (Lipinski definition) is 9. The zero-order valence-corrected chi connectivity index (χ0v) is 19.6. The molecule has 180 valence electrons. The highest BCUT2D eigenvalue weighted by Crippen LogP contribution is 2.33. The Labute approximate surface area is 206 Å². The van der Waals surface area contributed by atoms with Crippen molar-refractivity contribution < 1.29 is 23.8 Å². The Balaban J connectivity index is 1.41. The lowest BCUT2D eigenvalue weighted by Crippen LogP contribution is -2.36. The van der Waals surface area contributed by atoms with Crippen LogP contribution in [-0.4, -0.2) is 56.4 Å². The van der Waals surface area contributed by atoms with Crippen LogP contribution in [0.1, 0.15) is 22.2 Å². The number of ether oxygens (including phenoxy) is 1. The van der Waals surface area contributed by atoms with Crippen molar-refractivity contribution in [3.05, 3.63) is 60.8 Å². The van der Waals surface area contributed by atoms with Crippen LogP contribution in [0.25, 0.3) is 0 Å². The lowest BCUT2D eigenvalue weighted by molar-refractivity contribution is -0.389. The molecule has 0 bridgehead atoms. The third-order valence-corrected chi connectivity index (χ3v) is 5.19. The lowest BCUT2D eigenvalue weighted by atomic mass is 10.3. The van der Waals surface area contributed by atoms with Crippen LogP contribution in [0.4, 0.5) is 5.82 Å². The van der Waals surface area contributed by atoms with Gasteiger partial charge in [0.1, 0.15) is 12.3 Å². The van der Waals surface area contributed by atoms with E-state index in [1.54, 1.807) is 6.92 Å². The summed E-state index contributed by atoms with van der Waals surface area (Å²) in [5.41, 5.74) is 0.517. The minimum absolute atomic E-state index is 0.0185. The molecule has 3 rings (SSSR count). The molecule has 2 heterocycles. The summed E-state index contributed by atoms with van der Waals surface area (Å²) in [7, 11) is 0. The van der Waals surface area contributed by atoms with Crippen LogP contribution >= 0.6 is 34.8 Å². The number of hydrogen-bond donors (Lipinski definition) is 2. The second-order valence-corrected chi connectivity index (χ2v) is 7.89. The Bertz CT molecular complexity index is 1230. The Morgan fingerprint density at radius 1 is 1.15 bits per heavy atom. The molecular formula is C18H16Cl3N7O6. The fourth-order valence-corrected chi connectivity index (χ4v) is 3.14. The van der Waals surface area contributed by atoms with E-state index in [0.29, 0.717) is 5.69 Å². The van der Waals surface area contributed by atoms with Crippen LogP contribution in [0, 0.1) is 17.0 Å². The number of aryl methyl sites for hydroxylation is 1. The predicted molar refractivity (Wildman–Crippen MR) is 119 cm³/mol. The van der Waals surface area contributed by atoms with E-state index in [2.05, 4.69) is 25.9 Å². The molecule has 0 spiro atoms. The summed E-state index contributed by atoms with van der Waals surface area (Å²) in [5, 5.41) is 24.0. The Morgan fingerprint density at radius 3 is 2.56 bits per heavy atom. The Morgan fingerprint density at radius 2 is 1.85 bits per heavy atom. The van der Waals surface area contributed by atoms with Gasteiger partial charge in [-0.3, -0.25) is 9.59 Å². The smallest absolute Gasteiger partial charge is 0.390 e. The highest BCUT2D eigenvalue weighted by molar-refractivity contribution is 6.43. The summed E-state index contributed by atoms with van der Waals surface area (Å²) in [6, 6.07) is 4.09. The van der Waals surface area contributed by atoms with Crippen molar-refractivity contribution in [2.75, 3.05) is 19.7 Å². The highest BCUT2D eigenvalue weighted by Gasteiger charge is 2.20. The molecule has 0 atom stereocenters. The molecule has 3 aromatic rings. The van der Waals surface area contributed by atoms with Gasteiger partial charge in [0.05, 0.1) is 31.9 Å². The van der Waals surface area contributed by atoms with Gasteiger partial charge in [-0.2, -0.15) is 9.67 Å². The first-order valence-electron chi connectivity index (χ1n) is 9.47. The molecule has 2 amide bonds. The summed E-state index contributed by atoms with van der Waals surface area (Å²) in [5.74, 6) is -1.43. The molecule has 13 nitrogen and oxygen atoms in total. The summed E-state index contributed by atoms with van der Waals surface area (Å²) in [4.78, 5) is 38.1. The van der Waals surface area contributed by atoms with Crippen molar-refractivity contribution in [3.63, 3.8) is 0 Å². The number of carbonyl (C=O) groups is 2. The topological polar surface area (TPSA) is 167 Å². The molecule has 0 radical (unpaired) electrons. The van der Waals surface area contributed by atoms with Crippen molar-refractivity contribution in [1.82, 2.24) is 30.6 Å². The molecule has 16 heteroatoms. The molecule has 0 saturated heterocycles. The third kappa shape index (κ3) is 6.56. The molecule has 2 aromatic heterocycles. The minimum Gasteiger partial charge on any atom is -0.482 e. The molecule has 1 aromatic carbocycles. The summed E-state index contributed by atoms with van der Waals surface area (Å²) in [6.45, 7) is 1.45. The van der Waals surface area contributed by atoms with Gasteiger partial charge in [0.15, 0.2) is 12.4 Å². The maximum absolute atomic E-state index is 12.1. The van der Waals surface area contributed by atoms with Gasteiger partial charge in [0.25, 0.3) is 5.91 Å². The largest absolute Gasteiger partial charge is 0.482 e. The summed E-state index contributed by atoms with van der Waals surface area (Å²) in [6.07, 6.45) is 0. The van der Waals surface area contributed by atoms with Crippen molar-refractivity contribution in [1.29, 1.82) is 0 Å². The Kier molecular flexibility index (Phi) is 8.26. The van der Waals surface area contributed by atoms with Gasteiger partial charge in [-0.15, -0.1) is 0 Å². The van der Waals surface area contributed by atoms with Crippen molar-refractivity contribution in [2.24, 2.45) is 0 Å². The number of halogens is 3. The highest BCUT2D eigenvalue weighted by atomic mass is 35.5. The van der Waals surface area contributed by atoms with Crippen molar-refractivity contribution >= 4 is 52.4 Å². The van der Waals surface area contributed by atoms with Crippen LogP contribution in [0.5, 0.6) is 5.75 Å². The van der Waals surface area contributed by atoms with Gasteiger partial charge in [0.2, 0.25) is 0 Å². The average Bonchev–Trinajstić information content (AvgIpc) is 3.40. The summed E-state index contributed by atoms with van der Waals surface area (Å²) >= 11 is 17.7. The number of rotatable bonds is 10. The molecule has 0 aliphatic heterocycles. The zero-order valence-electron chi connectivity index (χ0n) is 17.4. The number of nitrogens with zero attached hydrogens (tertiary/aromatic N) is 5. The second-order valence-electron chi connectivity index (χ2n) is 6.67. The third-order valence-electron chi connectivity index (χ3n) is 4.18. The fourth-order valence-electron chi connectivity index (χ4n) is 2.55. The molecule has 0 fully saturated rings. The van der Waals surface area contributed by atoms with E-state index >= 15 is 0 Å². The van der Waals surface area contributed by atoms with Crippen molar-refractivity contribution in [2.45, 2.75) is 13.5 Å². The molecule has 0 unspecified atom stereocenters. The number of nitrogens with one attached hydrogen (secondary N) is 2. The van der Waals surface area contributed by atoms with E-state index < -0.39 is 16.7 Å². The van der Waals surface area contributed by atoms with Crippen molar-refractivity contribution in [3.8, 4) is 5.75 Å². The molecule has 2 N–H and O–H groups in total. The van der Waals surface area contributed by atoms with E-state index in [0.717, 1.165) is 0 Å².